The molecule has 0 amide bonds. The van der Waals surface area contributed by atoms with E-state index in [2.05, 4.69) is 0 Å². The van der Waals surface area contributed by atoms with Crippen molar-refractivity contribution >= 4 is 10.0 Å². The van der Waals surface area contributed by atoms with Crippen LogP contribution in [0.5, 0.6) is 0 Å². The van der Waals surface area contributed by atoms with Gasteiger partial charge >= 0.3 is 0 Å². The Morgan fingerprint density at radius 1 is 1.00 bits per heavy atom. The summed E-state index contributed by atoms with van der Waals surface area (Å²) in [4.78, 5) is 0.329. The summed E-state index contributed by atoms with van der Waals surface area (Å²) >= 11 is 0. The lowest BCUT2D eigenvalue weighted by Gasteiger charge is -2.28. The molecule has 2 atom stereocenters. The fraction of sp³-hybridized carbons (Fsp3) is 0.400. The molecule has 0 unspecified atom stereocenters. The SMILES string of the molecule is COCCO[C@@H]1CCN(S(=O)(=O)c2ccccc2)[C@H]1Cc1ccccc1. The molecule has 1 aliphatic rings. The highest BCUT2D eigenvalue weighted by molar-refractivity contribution is 7.89. The Kier molecular flexibility index (Phi) is 6.43. The standard InChI is InChI=1S/C20H25NO4S/c1-24-14-15-25-20-12-13-21(19(20)16-17-8-4-2-5-9-17)26(22,23)18-10-6-3-7-11-18/h2-11,19-20H,12-16H2,1H3/t19-,20+/m0/s1. The summed E-state index contributed by atoms with van der Waals surface area (Å²) in [5.41, 5.74) is 1.10. The Balaban J connectivity index is 1.85. The molecule has 0 saturated carbocycles. The van der Waals surface area contributed by atoms with Crippen molar-refractivity contribution < 1.29 is 17.9 Å². The van der Waals surface area contributed by atoms with E-state index in [0.717, 1.165) is 5.56 Å². The van der Waals surface area contributed by atoms with Gasteiger partial charge in [0.25, 0.3) is 0 Å². The number of benzene rings is 2. The average molecular weight is 375 g/mol. The normalized spacial score (nSPS) is 21.1. The molecule has 2 aromatic rings. The van der Waals surface area contributed by atoms with E-state index in [1.807, 2.05) is 36.4 Å². The molecule has 0 N–H and O–H groups in total. The zero-order chi connectivity index (χ0) is 18.4. The van der Waals surface area contributed by atoms with Crippen molar-refractivity contribution in [2.45, 2.75) is 29.9 Å². The molecule has 140 valence electrons. The van der Waals surface area contributed by atoms with Crippen LogP contribution >= 0.6 is 0 Å². The molecule has 26 heavy (non-hydrogen) atoms. The average Bonchev–Trinajstić information content (AvgIpc) is 3.07. The van der Waals surface area contributed by atoms with E-state index in [1.54, 1.807) is 35.7 Å². The molecule has 0 bridgehead atoms. The Morgan fingerprint density at radius 3 is 2.31 bits per heavy atom. The van der Waals surface area contributed by atoms with Gasteiger partial charge in [-0.3, -0.25) is 0 Å². The summed E-state index contributed by atoms with van der Waals surface area (Å²) in [6, 6.07) is 18.4. The lowest BCUT2D eigenvalue weighted by Crippen LogP contribution is -2.42. The van der Waals surface area contributed by atoms with Crippen molar-refractivity contribution in [3.63, 3.8) is 0 Å². The van der Waals surface area contributed by atoms with Crippen LogP contribution < -0.4 is 0 Å². The summed E-state index contributed by atoms with van der Waals surface area (Å²) in [5.74, 6) is 0. The minimum atomic E-state index is -3.55. The minimum Gasteiger partial charge on any atom is -0.382 e. The van der Waals surface area contributed by atoms with Crippen molar-refractivity contribution in [1.29, 1.82) is 0 Å². The van der Waals surface area contributed by atoms with Gasteiger partial charge in [0, 0.05) is 13.7 Å². The van der Waals surface area contributed by atoms with E-state index in [-0.39, 0.29) is 12.1 Å². The monoisotopic (exact) mass is 375 g/mol. The van der Waals surface area contributed by atoms with E-state index in [1.165, 1.54) is 0 Å². The van der Waals surface area contributed by atoms with Crippen LogP contribution in [0.3, 0.4) is 0 Å². The Morgan fingerprint density at radius 2 is 1.65 bits per heavy atom. The molecule has 0 aromatic heterocycles. The number of methoxy groups -OCH3 is 1. The molecule has 1 saturated heterocycles. The molecule has 1 aliphatic heterocycles. The number of hydrogen-bond donors (Lipinski definition) is 0. The third-order valence-electron chi connectivity index (χ3n) is 4.69. The summed E-state index contributed by atoms with van der Waals surface area (Å²) in [7, 11) is -1.92. The highest BCUT2D eigenvalue weighted by Gasteiger charge is 2.42. The predicted molar refractivity (Wildman–Crippen MR) is 101 cm³/mol. The summed E-state index contributed by atoms with van der Waals surface area (Å²) in [5, 5.41) is 0. The second kappa shape index (κ2) is 8.77. The van der Waals surface area contributed by atoms with Gasteiger partial charge in [-0.15, -0.1) is 0 Å². The van der Waals surface area contributed by atoms with Gasteiger partial charge in [-0.05, 0) is 30.5 Å². The zero-order valence-corrected chi connectivity index (χ0v) is 15.8. The van der Waals surface area contributed by atoms with Crippen LogP contribution in [0.2, 0.25) is 0 Å². The molecule has 1 heterocycles. The van der Waals surface area contributed by atoms with Crippen LogP contribution in [0.15, 0.2) is 65.6 Å². The fourth-order valence-corrected chi connectivity index (χ4v) is 5.07. The first-order valence-corrected chi connectivity index (χ1v) is 10.3. The van der Waals surface area contributed by atoms with Gasteiger partial charge in [0.15, 0.2) is 0 Å². The lowest BCUT2D eigenvalue weighted by molar-refractivity contribution is 0.00637. The van der Waals surface area contributed by atoms with Crippen LogP contribution in [0.4, 0.5) is 0 Å². The maximum atomic E-state index is 13.2. The van der Waals surface area contributed by atoms with Crippen molar-refractivity contribution in [2.24, 2.45) is 0 Å². The number of ether oxygens (including phenoxy) is 2. The Bertz CT molecular complexity index is 780. The van der Waals surface area contributed by atoms with E-state index in [9.17, 15) is 8.42 Å². The predicted octanol–water partition coefficient (Wildman–Crippen LogP) is 2.72. The largest absolute Gasteiger partial charge is 0.382 e. The molecule has 1 fully saturated rings. The van der Waals surface area contributed by atoms with E-state index in [4.69, 9.17) is 9.47 Å². The number of sulfonamides is 1. The van der Waals surface area contributed by atoms with Crippen LogP contribution in [-0.4, -0.2) is 51.7 Å². The first-order chi connectivity index (χ1) is 12.6. The molecular weight excluding hydrogens is 350 g/mol. The van der Waals surface area contributed by atoms with Gasteiger partial charge in [-0.25, -0.2) is 8.42 Å². The van der Waals surface area contributed by atoms with Crippen molar-refractivity contribution in [3.05, 3.63) is 66.2 Å². The molecular formula is C20H25NO4S. The van der Waals surface area contributed by atoms with Gasteiger partial charge in [0.1, 0.15) is 0 Å². The maximum Gasteiger partial charge on any atom is 0.243 e. The van der Waals surface area contributed by atoms with Gasteiger partial charge in [-0.2, -0.15) is 4.31 Å². The second-order valence-corrected chi connectivity index (χ2v) is 8.27. The number of hydrogen-bond acceptors (Lipinski definition) is 4. The van der Waals surface area contributed by atoms with Gasteiger partial charge < -0.3 is 9.47 Å². The smallest absolute Gasteiger partial charge is 0.243 e. The van der Waals surface area contributed by atoms with E-state index < -0.39 is 10.0 Å². The Hall–Kier alpha value is -1.73. The van der Waals surface area contributed by atoms with Crippen LogP contribution in [0.1, 0.15) is 12.0 Å². The van der Waals surface area contributed by atoms with E-state index in [0.29, 0.717) is 37.5 Å². The number of rotatable bonds is 8. The van der Waals surface area contributed by atoms with Gasteiger partial charge in [-0.1, -0.05) is 48.5 Å². The minimum absolute atomic E-state index is 0.135. The molecule has 2 aromatic carbocycles. The molecule has 0 spiro atoms. The van der Waals surface area contributed by atoms with E-state index >= 15 is 0 Å². The molecule has 5 nitrogen and oxygen atoms in total. The first kappa shape index (κ1) is 19.0. The zero-order valence-electron chi connectivity index (χ0n) is 15.0. The fourth-order valence-electron chi connectivity index (χ4n) is 3.39. The van der Waals surface area contributed by atoms with Crippen LogP contribution in [-0.2, 0) is 25.9 Å². The van der Waals surface area contributed by atoms with Gasteiger partial charge in [0.05, 0.1) is 30.3 Å². The van der Waals surface area contributed by atoms with Crippen molar-refractivity contribution in [1.82, 2.24) is 4.31 Å². The highest BCUT2D eigenvalue weighted by atomic mass is 32.2. The highest BCUT2D eigenvalue weighted by Crippen LogP contribution is 2.30. The molecule has 3 rings (SSSR count). The maximum absolute atomic E-state index is 13.2. The van der Waals surface area contributed by atoms with Crippen LogP contribution in [0, 0.1) is 0 Å². The molecule has 6 heteroatoms. The quantitative estimate of drug-likeness (QED) is 0.666. The Labute approximate surface area is 155 Å². The summed E-state index contributed by atoms with van der Waals surface area (Å²) in [6.45, 7) is 1.43. The third kappa shape index (κ3) is 4.32. The van der Waals surface area contributed by atoms with Gasteiger partial charge in [0.2, 0.25) is 10.0 Å². The van der Waals surface area contributed by atoms with Crippen molar-refractivity contribution in [3.8, 4) is 0 Å². The van der Waals surface area contributed by atoms with Crippen molar-refractivity contribution in [2.75, 3.05) is 26.9 Å². The van der Waals surface area contributed by atoms with Crippen LogP contribution in [0.25, 0.3) is 0 Å². The summed E-state index contributed by atoms with van der Waals surface area (Å²) < 4.78 is 38.9. The summed E-state index contributed by atoms with van der Waals surface area (Å²) in [6.07, 6.45) is 1.18. The second-order valence-electron chi connectivity index (χ2n) is 6.38. The molecule has 0 radical (unpaired) electrons. The molecule has 0 aliphatic carbocycles. The third-order valence-corrected chi connectivity index (χ3v) is 6.63. The lowest BCUT2D eigenvalue weighted by atomic mass is 10.0. The topological polar surface area (TPSA) is 55.8 Å². The first-order valence-electron chi connectivity index (χ1n) is 8.84. The number of nitrogens with zero attached hydrogens (tertiary/aromatic N) is 1.